The van der Waals surface area contributed by atoms with Gasteiger partial charge in [-0.15, -0.1) is 0 Å². The summed E-state index contributed by atoms with van der Waals surface area (Å²) in [6.45, 7) is 2.74. The number of rotatable bonds is 3. The van der Waals surface area contributed by atoms with Crippen molar-refractivity contribution in [3.8, 4) is 5.75 Å². The van der Waals surface area contributed by atoms with Crippen LogP contribution in [0.1, 0.15) is 19.4 Å². The van der Waals surface area contributed by atoms with Crippen LogP contribution in [-0.2, 0) is 11.2 Å². The number of benzene rings is 1. The van der Waals surface area contributed by atoms with Crippen LogP contribution in [0.2, 0.25) is 0 Å². The maximum Gasteiger partial charge on any atom is 0.309 e. The molecule has 0 amide bonds. The molecule has 2 N–H and O–H groups in total. The van der Waals surface area contributed by atoms with Crippen LogP contribution < -0.4 is 0 Å². The van der Waals surface area contributed by atoms with E-state index in [2.05, 4.69) is 15.9 Å². The molecular formula is C11H11BrF2O3. The summed E-state index contributed by atoms with van der Waals surface area (Å²) in [5.74, 6) is -3.99. The van der Waals surface area contributed by atoms with Gasteiger partial charge in [0, 0.05) is 5.56 Å². The number of aliphatic carboxylic acids is 1. The van der Waals surface area contributed by atoms with Crippen molar-refractivity contribution in [2.75, 3.05) is 0 Å². The molecule has 0 spiro atoms. The summed E-state index contributed by atoms with van der Waals surface area (Å²) in [5.41, 5.74) is -1.64. The summed E-state index contributed by atoms with van der Waals surface area (Å²) in [7, 11) is 0. The lowest BCUT2D eigenvalue weighted by Gasteiger charge is -2.20. The second-order valence-electron chi connectivity index (χ2n) is 4.35. The van der Waals surface area contributed by atoms with Crippen molar-refractivity contribution in [1.82, 2.24) is 0 Å². The van der Waals surface area contributed by atoms with Gasteiger partial charge in [-0.1, -0.05) is 0 Å². The average molecular weight is 309 g/mol. The van der Waals surface area contributed by atoms with Crippen LogP contribution in [0.5, 0.6) is 5.75 Å². The lowest BCUT2D eigenvalue weighted by Crippen LogP contribution is -2.26. The van der Waals surface area contributed by atoms with Gasteiger partial charge in [-0.05, 0) is 42.3 Å². The minimum atomic E-state index is -1.30. The zero-order valence-electron chi connectivity index (χ0n) is 9.22. The van der Waals surface area contributed by atoms with Crippen molar-refractivity contribution in [3.05, 3.63) is 27.7 Å². The highest BCUT2D eigenvalue weighted by Crippen LogP contribution is 2.35. The molecule has 3 nitrogen and oxygen atoms in total. The molecule has 0 saturated carbocycles. The van der Waals surface area contributed by atoms with Gasteiger partial charge in [-0.25, -0.2) is 8.78 Å². The molecule has 0 aliphatic heterocycles. The molecule has 0 bridgehead atoms. The van der Waals surface area contributed by atoms with E-state index in [9.17, 15) is 18.7 Å². The Hall–Kier alpha value is -1.17. The molecule has 6 heteroatoms. The predicted octanol–water partition coefficient (Wildman–Crippen LogP) is 3.09. The third-order valence-electron chi connectivity index (χ3n) is 2.44. The standard InChI is InChI=1S/C11H11BrF2O3/c1-11(2,10(16)17)4-5-8(14)7(13)3-6(12)9(5)15/h3,15H,4H2,1-2H3,(H,16,17). The highest BCUT2D eigenvalue weighted by atomic mass is 79.9. The first-order valence-corrected chi connectivity index (χ1v) is 5.55. The first kappa shape index (κ1) is 13.9. The highest BCUT2D eigenvalue weighted by molar-refractivity contribution is 9.10. The van der Waals surface area contributed by atoms with E-state index in [0.717, 1.165) is 6.07 Å². The Morgan fingerprint density at radius 2 is 2.00 bits per heavy atom. The summed E-state index contributed by atoms with van der Waals surface area (Å²) in [6.07, 6.45) is -0.309. The lowest BCUT2D eigenvalue weighted by molar-refractivity contribution is -0.146. The molecule has 0 atom stereocenters. The summed E-state index contributed by atoms with van der Waals surface area (Å²) >= 11 is 2.87. The Kier molecular flexibility index (Phi) is 3.76. The summed E-state index contributed by atoms with van der Waals surface area (Å²) in [6, 6.07) is 0.794. The third kappa shape index (κ3) is 2.74. The number of phenols is 1. The van der Waals surface area contributed by atoms with Crippen LogP contribution in [-0.4, -0.2) is 16.2 Å². The normalized spacial score (nSPS) is 11.6. The quantitative estimate of drug-likeness (QED) is 0.844. The van der Waals surface area contributed by atoms with E-state index in [-0.39, 0.29) is 16.5 Å². The number of carboxylic acids is 1. The zero-order chi connectivity index (χ0) is 13.4. The molecule has 0 saturated heterocycles. The molecule has 0 aromatic heterocycles. The average Bonchev–Trinajstić information content (AvgIpc) is 2.21. The minimum absolute atomic E-state index is 0.00686. The van der Waals surface area contributed by atoms with Crippen molar-refractivity contribution < 1.29 is 23.8 Å². The van der Waals surface area contributed by atoms with E-state index in [1.807, 2.05) is 0 Å². The van der Waals surface area contributed by atoms with Crippen LogP contribution in [0.25, 0.3) is 0 Å². The number of hydrogen-bond donors (Lipinski definition) is 2. The van der Waals surface area contributed by atoms with Gasteiger partial charge >= 0.3 is 5.97 Å². The van der Waals surface area contributed by atoms with E-state index >= 15 is 0 Å². The minimum Gasteiger partial charge on any atom is -0.506 e. The van der Waals surface area contributed by atoms with E-state index in [1.54, 1.807) is 0 Å². The van der Waals surface area contributed by atoms with Crippen molar-refractivity contribution >= 4 is 21.9 Å². The van der Waals surface area contributed by atoms with E-state index < -0.39 is 28.8 Å². The fourth-order valence-electron chi connectivity index (χ4n) is 1.31. The molecule has 94 valence electrons. The predicted molar refractivity (Wildman–Crippen MR) is 60.8 cm³/mol. The maximum atomic E-state index is 13.5. The lowest BCUT2D eigenvalue weighted by atomic mass is 9.85. The molecule has 1 aromatic carbocycles. The number of hydrogen-bond acceptors (Lipinski definition) is 2. The monoisotopic (exact) mass is 308 g/mol. The third-order valence-corrected chi connectivity index (χ3v) is 3.04. The number of aromatic hydroxyl groups is 1. The van der Waals surface area contributed by atoms with Gasteiger partial charge in [0.1, 0.15) is 5.75 Å². The first-order valence-electron chi connectivity index (χ1n) is 4.75. The van der Waals surface area contributed by atoms with E-state index in [4.69, 9.17) is 5.11 Å². The van der Waals surface area contributed by atoms with Crippen LogP contribution in [0, 0.1) is 17.0 Å². The highest BCUT2D eigenvalue weighted by Gasteiger charge is 2.31. The number of carboxylic acid groups (broad SMARTS) is 1. The largest absolute Gasteiger partial charge is 0.506 e. The van der Waals surface area contributed by atoms with Crippen molar-refractivity contribution in [2.24, 2.45) is 5.41 Å². The second kappa shape index (κ2) is 4.60. The molecule has 0 heterocycles. The van der Waals surface area contributed by atoms with Crippen molar-refractivity contribution in [2.45, 2.75) is 20.3 Å². The molecular weight excluding hydrogens is 298 g/mol. The van der Waals surface area contributed by atoms with Crippen LogP contribution in [0.15, 0.2) is 10.5 Å². The Labute approximate surface area is 105 Å². The number of carbonyl (C=O) groups is 1. The molecule has 0 radical (unpaired) electrons. The SMILES string of the molecule is CC(C)(Cc1c(O)c(Br)cc(F)c1F)C(=O)O. The fraction of sp³-hybridized carbons (Fsp3) is 0.364. The first-order chi connectivity index (χ1) is 7.66. The molecule has 17 heavy (non-hydrogen) atoms. The van der Waals surface area contributed by atoms with Crippen molar-refractivity contribution in [3.63, 3.8) is 0 Å². The topological polar surface area (TPSA) is 57.5 Å². The molecule has 0 aliphatic rings. The Balaban J connectivity index is 3.28. The fourth-order valence-corrected chi connectivity index (χ4v) is 1.75. The maximum absolute atomic E-state index is 13.5. The number of phenolic OH excluding ortho intramolecular Hbond substituents is 1. The molecule has 1 rings (SSSR count). The van der Waals surface area contributed by atoms with Crippen LogP contribution >= 0.6 is 15.9 Å². The van der Waals surface area contributed by atoms with Crippen molar-refractivity contribution in [1.29, 1.82) is 0 Å². The van der Waals surface area contributed by atoms with Gasteiger partial charge in [0.25, 0.3) is 0 Å². The van der Waals surface area contributed by atoms with Crippen LogP contribution in [0.4, 0.5) is 8.78 Å². The molecule has 0 aliphatic carbocycles. The molecule has 1 aromatic rings. The van der Waals surface area contributed by atoms with Gasteiger partial charge in [0.15, 0.2) is 11.6 Å². The van der Waals surface area contributed by atoms with Gasteiger partial charge in [0.2, 0.25) is 0 Å². The summed E-state index contributed by atoms with van der Waals surface area (Å²) in [5, 5.41) is 18.5. The van der Waals surface area contributed by atoms with E-state index in [1.165, 1.54) is 13.8 Å². The summed E-state index contributed by atoms with van der Waals surface area (Å²) < 4.78 is 26.6. The smallest absolute Gasteiger partial charge is 0.309 e. The zero-order valence-corrected chi connectivity index (χ0v) is 10.8. The second-order valence-corrected chi connectivity index (χ2v) is 5.20. The summed E-state index contributed by atoms with van der Waals surface area (Å²) in [4.78, 5) is 10.9. The van der Waals surface area contributed by atoms with Gasteiger partial charge < -0.3 is 10.2 Å². The molecule has 0 fully saturated rings. The van der Waals surface area contributed by atoms with Gasteiger partial charge in [-0.3, -0.25) is 4.79 Å². The Bertz CT molecular complexity index is 446. The van der Waals surface area contributed by atoms with Gasteiger partial charge in [0.05, 0.1) is 9.89 Å². The Morgan fingerprint density at radius 3 is 2.47 bits per heavy atom. The molecule has 0 unspecified atom stereocenters. The Morgan fingerprint density at radius 1 is 1.47 bits per heavy atom. The number of halogens is 3. The van der Waals surface area contributed by atoms with Crippen LogP contribution in [0.3, 0.4) is 0 Å². The van der Waals surface area contributed by atoms with Gasteiger partial charge in [-0.2, -0.15) is 0 Å². The van der Waals surface area contributed by atoms with E-state index in [0.29, 0.717) is 0 Å².